The molecule has 0 unspecified atom stereocenters. The Balaban J connectivity index is 2.15. The quantitative estimate of drug-likeness (QED) is 0.624. The molecular formula is C11H15BN2O2. The van der Waals surface area contributed by atoms with E-state index in [-0.39, 0.29) is 11.8 Å². The van der Waals surface area contributed by atoms with E-state index in [1.54, 1.807) is 6.82 Å². The number of benzene rings is 1. The van der Waals surface area contributed by atoms with E-state index < -0.39 is 7.05 Å². The zero-order chi connectivity index (χ0) is 11.5. The molecule has 0 amide bonds. The Labute approximate surface area is 95.2 Å². The molecule has 0 saturated carbocycles. The van der Waals surface area contributed by atoms with Gasteiger partial charge in [0.15, 0.2) is 5.78 Å². The van der Waals surface area contributed by atoms with Gasteiger partial charge in [0.05, 0.1) is 6.04 Å². The third-order valence-electron chi connectivity index (χ3n) is 2.71. The Kier molecular flexibility index (Phi) is 3.26. The maximum Gasteiger partial charge on any atom is 0.374 e. The van der Waals surface area contributed by atoms with Gasteiger partial charge in [-0.05, 0) is 18.5 Å². The lowest BCUT2D eigenvalue weighted by Crippen LogP contribution is -2.48. The molecule has 1 aromatic rings. The maximum absolute atomic E-state index is 11.9. The van der Waals surface area contributed by atoms with Crippen molar-refractivity contribution < 1.29 is 9.82 Å². The highest BCUT2D eigenvalue weighted by atomic mass is 16.2. The number of carbonyl (C=O) groups excluding carboxylic acids is 1. The first-order valence-corrected chi connectivity index (χ1v) is 5.45. The van der Waals surface area contributed by atoms with E-state index in [0.717, 1.165) is 11.3 Å². The molecule has 1 aromatic carbocycles. The van der Waals surface area contributed by atoms with Gasteiger partial charge in [0.25, 0.3) is 0 Å². The van der Waals surface area contributed by atoms with Gasteiger partial charge in [0.2, 0.25) is 0 Å². The predicted octanol–water partition coefficient (Wildman–Crippen LogP) is 0.292. The topological polar surface area (TPSA) is 61.4 Å². The summed E-state index contributed by atoms with van der Waals surface area (Å²) in [6.45, 7) is 2.13. The molecule has 2 rings (SSSR count). The largest absolute Gasteiger partial charge is 0.437 e. The summed E-state index contributed by atoms with van der Waals surface area (Å²) in [4.78, 5) is 11.9. The van der Waals surface area contributed by atoms with Crippen molar-refractivity contribution in [3.63, 3.8) is 0 Å². The summed E-state index contributed by atoms with van der Waals surface area (Å²) in [5.74, 6) is 0.110. The van der Waals surface area contributed by atoms with Crippen LogP contribution in [0, 0.1) is 0 Å². The minimum Gasteiger partial charge on any atom is -0.437 e. The highest BCUT2D eigenvalue weighted by Crippen LogP contribution is 2.19. The monoisotopic (exact) mass is 218 g/mol. The van der Waals surface area contributed by atoms with E-state index in [1.807, 2.05) is 24.3 Å². The van der Waals surface area contributed by atoms with Gasteiger partial charge in [-0.15, -0.1) is 0 Å². The van der Waals surface area contributed by atoms with Gasteiger partial charge in [-0.3, -0.25) is 4.79 Å². The van der Waals surface area contributed by atoms with E-state index in [2.05, 4.69) is 10.5 Å². The minimum absolute atomic E-state index is 0.110. The van der Waals surface area contributed by atoms with Crippen LogP contribution in [-0.2, 0) is 11.2 Å². The first-order chi connectivity index (χ1) is 7.66. The van der Waals surface area contributed by atoms with Crippen LogP contribution in [0.25, 0.3) is 0 Å². The van der Waals surface area contributed by atoms with E-state index in [0.29, 0.717) is 13.0 Å². The van der Waals surface area contributed by atoms with Crippen molar-refractivity contribution in [2.75, 3.05) is 11.9 Å². The van der Waals surface area contributed by atoms with Crippen molar-refractivity contribution >= 4 is 18.5 Å². The molecule has 1 heterocycles. The van der Waals surface area contributed by atoms with Crippen LogP contribution in [0.5, 0.6) is 0 Å². The molecule has 84 valence electrons. The summed E-state index contributed by atoms with van der Waals surface area (Å²) >= 11 is 0. The average molecular weight is 218 g/mol. The minimum atomic E-state index is -0.669. The van der Waals surface area contributed by atoms with Crippen molar-refractivity contribution in [1.29, 1.82) is 0 Å². The maximum atomic E-state index is 11.9. The summed E-state index contributed by atoms with van der Waals surface area (Å²) in [5, 5.41) is 15.3. The van der Waals surface area contributed by atoms with E-state index in [9.17, 15) is 9.82 Å². The molecule has 0 saturated heterocycles. The Hall–Kier alpha value is -1.33. The number of fused-ring (bicyclic) bond motifs is 1. The van der Waals surface area contributed by atoms with Gasteiger partial charge < -0.3 is 15.6 Å². The van der Waals surface area contributed by atoms with Crippen molar-refractivity contribution in [1.82, 2.24) is 5.23 Å². The van der Waals surface area contributed by atoms with E-state index in [1.165, 1.54) is 0 Å². The zero-order valence-corrected chi connectivity index (χ0v) is 9.23. The van der Waals surface area contributed by atoms with Crippen LogP contribution in [0.15, 0.2) is 24.3 Å². The fraction of sp³-hybridized carbons (Fsp3) is 0.364. The lowest BCUT2D eigenvalue weighted by Gasteiger charge is -2.15. The number of carbonyl (C=O) groups is 1. The van der Waals surface area contributed by atoms with Gasteiger partial charge >= 0.3 is 7.05 Å². The standard InChI is InChI=1S/C11H15BN2O2/c1-12(16)14-10-7-13-9-5-3-2-4-8(9)6-11(10)15/h2-5,10,13-14,16H,6-7H2,1H3/t10-/m1/s1. The molecule has 0 fully saturated rings. The van der Waals surface area contributed by atoms with Crippen molar-refractivity contribution in [3.05, 3.63) is 29.8 Å². The molecule has 5 heteroatoms. The van der Waals surface area contributed by atoms with Gasteiger partial charge in [0, 0.05) is 18.7 Å². The van der Waals surface area contributed by atoms with Crippen LogP contribution < -0.4 is 10.5 Å². The van der Waals surface area contributed by atoms with Crippen LogP contribution in [0.4, 0.5) is 5.69 Å². The molecule has 4 nitrogen and oxygen atoms in total. The third kappa shape index (κ3) is 2.43. The lowest BCUT2D eigenvalue weighted by atomic mass is 9.86. The third-order valence-corrected chi connectivity index (χ3v) is 2.71. The number of para-hydroxylation sites is 1. The number of nitrogens with one attached hydrogen (secondary N) is 2. The molecule has 0 aliphatic carbocycles. The molecule has 1 aliphatic rings. The normalized spacial score (nSPS) is 19.6. The summed E-state index contributed by atoms with van der Waals surface area (Å²) in [5.41, 5.74) is 2.02. The summed E-state index contributed by atoms with van der Waals surface area (Å²) in [7, 11) is -0.669. The Bertz CT molecular complexity index is 395. The molecule has 1 aliphatic heterocycles. The number of Topliss-reactive ketones (excluding diaryl/α,β-unsaturated/α-hetero) is 1. The first kappa shape index (κ1) is 11.2. The Morgan fingerprint density at radius 1 is 1.50 bits per heavy atom. The highest BCUT2D eigenvalue weighted by molar-refractivity contribution is 6.46. The molecule has 0 radical (unpaired) electrons. The van der Waals surface area contributed by atoms with Crippen LogP contribution >= 0.6 is 0 Å². The number of ketones is 1. The molecule has 1 atom stereocenters. The second-order valence-corrected chi connectivity index (χ2v) is 4.08. The number of anilines is 1. The summed E-state index contributed by atoms with van der Waals surface area (Å²) < 4.78 is 0. The van der Waals surface area contributed by atoms with Crippen molar-refractivity contribution in [3.8, 4) is 0 Å². The molecule has 0 bridgehead atoms. The number of hydrogen-bond donors (Lipinski definition) is 3. The SMILES string of the molecule is CB(O)N[C@@H]1CNc2ccccc2CC1=O. The van der Waals surface area contributed by atoms with Gasteiger partial charge in [-0.1, -0.05) is 18.2 Å². The smallest absolute Gasteiger partial charge is 0.374 e. The molecule has 16 heavy (non-hydrogen) atoms. The Morgan fingerprint density at radius 3 is 3.00 bits per heavy atom. The van der Waals surface area contributed by atoms with Crippen molar-refractivity contribution in [2.24, 2.45) is 0 Å². The zero-order valence-electron chi connectivity index (χ0n) is 9.23. The molecule has 0 spiro atoms. The molecular weight excluding hydrogens is 203 g/mol. The van der Waals surface area contributed by atoms with Crippen LogP contribution in [0.1, 0.15) is 5.56 Å². The second kappa shape index (κ2) is 4.68. The highest BCUT2D eigenvalue weighted by Gasteiger charge is 2.24. The molecule has 3 N–H and O–H groups in total. The van der Waals surface area contributed by atoms with Crippen LogP contribution in [0.2, 0.25) is 6.82 Å². The van der Waals surface area contributed by atoms with Crippen LogP contribution in [0.3, 0.4) is 0 Å². The Morgan fingerprint density at radius 2 is 2.25 bits per heavy atom. The first-order valence-electron chi connectivity index (χ1n) is 5.45. The van der Waals surface area contributed by atoms with Gasteiger partial charge in [-0.25, -0.2) is 0 Å². The summed E-state index contributed by atoms with van der Waals surface area (Å²) in [6, 6.07) is 7.46. The molecule has 0 aromatic heterocycles. The van der Waals surface area contributed by atoms with Crippen LogP contribution in [-0.4, -0.2) is 30.4 Å². The predicted molar refractivity (Wildman–Crippen MR) is 64.4 cm³/mol. The second-order valence-electron chi connectivity index (χ2n) is 4.08. The number of rotatable bonds is 2. The number of hydrogen-bond acceptors (Lipinski definition) is 4. The van der Waals surface area contributed by atoms with Gasteiger partial charge in [0.1, 0.15) is 0 Å². The summed E-state index contributed by atoms with van der Waals surface area (Å²) in [6.07, 6.45) is 0.410. The van der Waals surface area contributed by atoms with E-state index in [4.69, 9.17) is 0 Å². The fourth-order valence-electron chi connectivity index (χ4n) is 1.93. The fourth-order valence-corrected chi connectivity index (χ4v) is 1.93. The van der Waals surface area contributed by atoms with E-state index >= 15 is 0 Å². The lowest BCUT2D eigenvalue weighted by molar-refractivity contribution is -0.119. The van der Waals surface area contributed by atoms with Gasteiger partial charge in [-0.2, -0.15) is 0 Å². The average Bonchev–Trinajstić information content (AvgIpc) is 2.39. The van der Waals surface area contributed by atoms with Crippen molar-refractivity contribution in [2.45, 2.75) is 19.3 Å².